The molecule has 1 N–H and O–H groups in total. The van der Waals surface area contributed by atoms with Gasteiger partial charge in [-0.2, -0.15) is 0 Å². The second-order valence-corrected chi connectivity index (χ2v) is 7.88. The zero-order chi connectivity index (χ0) is 22.9. The summed E-state index contributed by atoms with van der Waals surface area (Å²) >= 11 is 0. The smallest absolute Gasteiger partial charge is 0.194 e. The van der Waals surface area contributed by atoms with Gasteiger partial charge in [0.25, 0.3) is 0 Å². The minimum absolute atomic E-state index is 0.233. The van der Waals surface area contributed by atoms with Crippen molar-refractivity contribution >= 4 is 11.6 Å². The van der Waals surface area contributed by atoms with Crippen LogP contribution in [-0.4, -0.2) is 52.8 Å². The topological polar surface area (TPSA) is 61.6 Å². The van der Waals surface area contributed by atoms with E-state index in [4.69, 9.17) is 4.99 Å². The molecule has 0 fully saturated rings. The molecule has 0 saturated carbocycles. The average Bonchev–Trinajstić information content (AvgIpc) is 3.12. The fourth-order valence-electron chi connectivity index (χ4n) is 3.31. The SMILES string of the molecule is Cc1nnc(CN=C(NCCCN(C)c2ccccc2)N(C)Cc2ccc(F)cc2)n1C. The van der Waals surface area contributed by atoms with Crippen LogP contribution in [0.25, 0.3) is 0 Å². The molecule has 0 unspecified atom stereocenters. The summed E-state index contributed by atoms with van der Waals surface area (Å²) in [7, 11) is 6.02. The molecule has 3 rings (SSSR count). The van der Waals surface area contributed by atoms with Gasteiger partial charge in [0.05, 0.1) is 0 Å². The van der Waals surface area contributed by atoms with E-state index < -0.39 is 0 Å². The number of nitrogens with zero attached hydrogens (tertiary/aromatic N) is 6. The summed E-state index contributed by atoms with van der Waals surface area (Å²) in [6.07, 6.45) is 0.956. The third-order valence-electron chi connectivity index (χ3n) is 5.40. The van der Waals surface area contributed by atoms with Crippen LogP contribution in [0, 0.1) is 12.7 Å². The highest BCUT2D eigenvalue weighted by Crippen LogP contribution is 2.11. The number of nitrogens with one attached hydrogen (secondary N) is 1. The fraction of sp³-hybridized carbons (Fsp3) is 0.375. The molecule has 0 aliphatic rings. The lowest BCUT2D eigenvalue weighted by Gasteiger charge is -2.24. The lowest BCUT2D eigenvalue weighted by molar-refractivity contribution is 0.472. The van der Waals surface area contributed by atoms with Crippen LogP contribution in [0.15, 0.2) is 59.6 Å². The third kappa shape index (κ3) is 6.54. The number of guanidine groups is 1. The summed E-state index contributed by atoms with van der Waals surface area (Å²) in [5, 5.41) is 11.8. The number of aromatic nitrogens is 3. The maximum Gasteiger partial charge on any atom is 0.194 e. The van der Waals surface area contributed by atoms with Crippen molar-refractivity contribution in [3.63, 3.8) is 0 Å². The molecule has 0 atom stereocenters. The zero-order valence-electron chi connectivity index (χ0n) is 19.3. The second-order valence-electron chi connectivity index (χ2n) is 7.88. The number of anilines is 1. The van der Waals surface area contributed by atoms with Crippen LogP contribution in [0.2, 0.25) is 0 Å². The summed E-state index contributed by atoms with van der Waals surface area (Å²) < 4.78 is 15.2. The van der Waals surface area contributed by atoms with E-state index in [0.717, 1.165) is 42.7 Å². The van der Waals surface area contributed by atoms with E-state index >= 15 is 0 Å². The molecule has 170 valence electrons. The van der Waals surface area contributed by atoms with Gasteiger partial charge in [0, 0.05) is 46.5 Å². The Bertz CT molecular complexity index is 999. The molecule has 0 aliphatic carbocycles. The molecule has 32 heavy (non-hydrogen) atoms. The molecule has 1 heterocycles. The standard InChI is InChI=1S/C24H32FN7/c1-19-28-29-23(32(19)4)17-27-24(31(3)18-20-11-13-21(25)14-12-20)26-15-8-16-30(2)22-9-6-5-7-10-22/h5-7,9-14H,8,15-18H2,1-4H3,(H,26,27). The van der Waals surface area contributed by atoms with Crippen molar-refractivity contribution in [2.75, 3.05) is 32.1 Å². The van der Waals surface area contributed by atoms with E-state index in [2.05, 4.69) is 39.6 Å². The molecular weight excluding hydrogens is 405 g/mol. The molecule has 0 aliphatic heterocycles. The molecule has 0 spiro atoms. The van der Waals surface area contributed by atoms with E-state index in [1.54, 1.807) is 12.1 Å². The second kappa shape index (κ2) is 11.3. The summed E-state index contributed by atoms with van der Waals surface area (Å²) in [5.74, 6) is 2.20. The molecular formula is C24H32FN7. The Hall–Kier alpha value is -3.42. The van der Waals surface area contributed by atoms with E-state index in [1.807, 2.05) is 48.7 Å². The summed E-state index contributed by atoms with van der Waals surface area (Å²) in [6.45, 7) is 4.67. The molecule has 0 radical (unpaired) electrons. The van der Waals surface area contributed by atoms with Gasteiger partial charge < -0.3 is 19.7 Å². The number of para-hydroxylation sites is 1. The number of halogens is 1. The van der Waals surface area contributed by atoms with Crippen molar-refractivity contribution in [3.8, 4) is 0 Å². The predicted molar refractivity (Wildman–Crippen MR) is 127 cm³/mol. The van der Waals surface area contributed by atoms with Crippen LogP contribution in [0.5, 0.6) is 0 Å². The molecule has 0 amide bonds. The van der Waals surface area contributed by atoms with Gasteiger partial charge in [-0.3, -0.25) is 0 Å². The van der Waals surface area contributed by atoms with Crippen molar-refractivity contribution < 1.29 is 4.39 Å². The molecule has 7 nitrogen and oxygen atoms in total. The highest BCUT2D eigenvalue weighted by Gasteiger charge is 2.10. The zero-order valence-corrected chi connectivity index (χ0v) is 19.3. The van der Waals surface area contributed by atoms with Gasteiger partial charge in [-0.15, -0.1) is 10.2 Å². The lowest BCUT2D eigenvalue weighted by Crippen LogP contribution is -2.39. The fourth-order valence-corrected chi connectivity index (χ4v) is 3.31. The lowest BCUT2D eigenvalue weighted by atomic mass is 10.2. The van der Waals surface area contributed by atoms with E-state index in [9.17, 15) is 4.39 Å². The van der Waals surface area contributed by atoms with Gasteiger partial charge >= 0.3 is 0 Å². The molecule has 2 aromatic carbocycles. The maximum atomic E-state index is 13.3. The molecule has 8 heteroatoms. The van der Waals surface area contributed by atoms with Crippen molar-refractivity contribution in [1.82, 2.24) is 25.0 Å². The van der Waals surface area contributed by atoms with Gasteiger partial charge in [-0.1, -0.05) is 30.3 Å². The Labute approximate surface area is 189 Å². The Morgan fingerprint density at radius 3 is 2.44 bits per heavy atom. The highest BCUT2D eigenvalue weighted by molar-refractivity contribution is 5.79. The van der Waals surface area contributed by atoms with Crippen LogP contribution in [0.4, 0.5) is 10.1 Å². The highest BCUT2D eigenvalue weighted by atomic mass is 19.1. The Kier molecular flexibility index (Phi) is 8.19. The van der Waals surface area contributed by atoms with Crippen molar-refractivity contribution in [2.24, 2.45) is 12.0 Å². The predicted octanol–water partition coefficient (Wildman–Crippen LogP) is 3.37. The van der Waals surface area contributed by atoms with E-state index in [0.29, 0.717) is 13.1 Å². The average molecular weight is 438 g/mol. The quantitative estimate of drug-likeness (QED) is 0.316. The van der Waals surface area contributed by atoms with Crippen LogP contribution in [0.1, 0.15) is 23.6 Å². The van der Waals surface area contributed by atoms with Crippen LogP contribution in [-0.2, 0) is 20.1 Å². The first-order valence-corrected chi connectivity index (χ1v) is 10.8. The van der Waals surface area contributed by atoms with Gasteiger partial charge in [-0.25, -0.2) is 9.38 Å². The third-order valence-corrected chi connectivity index (χ3v) is 5.40. The molecule has 0 bridgehead atoms. The van der Waals surface area contributed by atoms with Crippen LogP contribution in [0.3, 0.4) is 0 Å². The first-order chi connectivity index (χ1) is 15.4. The number of hydrogen-bond acceptors (Lipinski definition) is 4. The number of aryl methyl sites for hydroxylation is 1. The Morgan fingerprint density at radius 1 is 1.06 bits per heavy atom. The number of rotatable bonds is 9. The van der Waals surface area contributed by atoms with E-state index in [1.165, 1.54) is 17.8 Å². The van der Waals surface area contributed by atoms with Crippen molar-refractivity contribution in [2.45, 2.75) is 26.4 Å². The first kappa shape index (κ1) is 23.2. The number of aliphatic imine (C=N–C) groups is 1. The van der Waals surface area contributed by atoms with E-state index in [-0.39, 0.29) is 5.82 Å². The van der Waals surface area contributed by atoms with Gasteiger partial charge in [0.1, 0.15) is 18.2 Å². The van der Waals surface area contributed by atoms with Crippen LogP contribution >= 0.6 is 0 Å². The summed E-state index contributed by atoms with van der Waals surface area (Å²) in [5.41, 5.74) is 2.22. The molecule has 3 aromatic rings. The molecule has 0 saturated heterocycles. The first-order valence-electron chi connectivity index (χ1n) is 10.8. The Morgan fingerprint density at radius 2 is 1.78 bits per heavy atom. The number of hydrogen-bond donors (Lipinski definition) is 1. The minimum atomic E-state index is -0.233. The summed E-state index contributed by atoms with van der Waals surface area (Å²) in [6, 6.07) is 16.9. The summed E-state index contributed by atoms with van der Waals surface area (Å²) in [4.78, 5) is 9.06. The Balaban J connectivity index is 1.61. The van der Waals surface area contributed by atoms with Crippen molar-refractivity contribution in [1.29, 1.82) is 0 Å². The minimum Gasteiger partial charge on any atom is -0.375 e. The largest absolute Gasteiger partial charge is 0.375 e. The maximum absolute atomic E-state index is 13.3. The van der Waals surface area contributed by atoms with Gasteiger partial charge in [-0.05, 0) is 43.2 Å². The van der Waals surface area contributed by atoms with Gasteiger partial charge in [0.2, 0.25) is 0 Å². The number of benzene rings is 2. The molecule has 1 aromatic heterocycles. The van der Waals surface area contributed by atoms with Crippen molar-refractivity contribution in [3.05, 3.63) is 77.6 Å². The van der Waals surface area contributed by atoms with Crippen LogP contribution < -0.4 is 10.2 Å². The monoisotopic (exact) mass is 437 g/mol. The van der Waals surface area contributed by atoms with Gasteiger partial charge in [0.15, 0.2) is 11.8 Å². The normalized spacial score (nSPS) is 11.5.